The highest BCUT2D eigenvalue weighted by atomic mass is 16.1. The van der Waals surface area contributed by atoms with Crippen LogP contribution in [0.2, 0.25) is 0 Å². The lowest BCUT2D eigenvalue weighted by Gasteiger charge is -2.45. The minimum absolute atomic E-state index is 0.0387. The molecule has 0 aliphatic carbocycles. The lowest BCUT2D eigenvalue weighted by molar-refractivity contribution is -0.112. The standard InChI is InChI=1S/C21H39N3O3/c1-16(19(4)10-25)7-22-13-23(8-17(2)20(5)11-26)15-24(14-22)9-18(3)21(6)12-27/h10-12,16-21H,7-9,13-15H2,1-6H3. The highest BCUT2D eigenvalue weighted by Gasteiger charge is 2.28. The second-order valence-electron chi connectivity index (χ2n) is 8.90. The predicted octanol–water partition coefficient (Wildman–Crippen LogP) is 2.19. The average molecular weight is 382 g/mol. The zero-order valence-corrected chi connectivity index (χ0v) is 18.0. The van der Waals surface area contributed by atoms with Crippen molar-refractivity contribution in [3.05, 3.63) is 0 Å². The average Bonchev–Trinajstić information content (AvgIpc) is 2.65. The Bertz CT molecular complexity index is 401. The lowest BCUT2D eigenvalue weighted by Crippen LogP contribution is -2.57. The molecule has 1 aliphatic rings. The Morgan fingerprint density at radius 1 is 0.556 bits per heavy atom. The molecule has 0 amide bonds. The summed E-state index contributed by atoms with van der Waals surface area (Å²) in [5.74, 6) is 0.997. The van der Waals surface area contributed by atoms with E-state index in [9.17, 15) is 14.4 Å². The van der Waals surface area contributed by atoms with E-state index in [1.54, 1.807) is 0 Å². The van der Waals surface area contributed by atoms with Gasteiger partial charge in [0.25, 0.3) is 0 Å². The molecule has 0 saturated carbocycles. The Kier molecular flexibility index (Phi) is 10.3. The summed E-state index contributed by atoms with van der Waals surface area (Å²) in [7, 11) is 0. The molecule has 0 N–H and O–H groups in total. The topological polar surface area (TPSA) is 60.9 Å². The van der Waals surface area contributed by atoms with Gasteiger partial charge in [0.1, 0.15) is 18.9 Å². The predicted molar refractivity (Wildman–Crippen MR) is 108 cm³/mol. The third kappa shape index (κ3) is 7.80. The fraction of sp³-hybridized carbons (Fsp3) is 0.857. The highest BCUT2D eigenvalue weighted by Crippen LogP contribution is 2.19. The third-order valence-corrected chi connectivity index (χ3v) is 6.18. The van der Waals surface area contributed by atoms with E-state index in [0.717, 1.165) is 58.5 Å². The zero-order chi connectivity index (χ0) is 20.6. The molecule has 0 aromatic heterocycles. The molecular formula is C21H39N3O3. The summed E-state index contributed by atoms with van der Waals surface area (Å²) in [6.45, 7) is 17.4. The van der Waals surface area contributed by atoms with E-state index in [0.29, 0.717) is 17.8 Å². The Hall–Kier alpha value is -1.11. The first-order valence-electron chi connectivity index (χ1n) is 10.2. The number of nitrogens with zero attached hydrogens (tertiary/aromatic N) is 3. The second kappa shape index (κ2) is 11.7. The molecule has 1 aliphatic heterocycles. The molecular weight excluding hydrogens is 342 g/mol. The van der Waals surface area contributed by atoms with Crippen molar-refractivity contribution in [1.29, 1.82) is 0 Å². The van der Waals surface area contributed by atoms with Crippen LogP contribution < -0.4 is 0 Å². The SMILES string of the molecule is CC(C=O)C(C)CN1CN(CC(C)C(C)C=O)CN(CC(C)C(C)C=O)C1. The first-order chi connectivity index (χ1) is 12.7. The lowest BCUT2D eigenvalue weighted by atomic mass is 9.95. The summed E-state index contributed by atoms with van der Waals surface area (Å²) < 4.78 is 0. The molecule has 0 aromatic carbocycles. The maximum absolute atomic E-state index is 11.1. The maximum Gasteiger partial charge on any atom is 0.123 e. The van der Waals surface area contributed by atoms with Gasteiger partial charge in [0.2, 0.25) is 0 Å². The van der Waals surface area contributed by atoms with E-state index in [2.05, 4.69) is 35.5 Å². The first kappa shape index (κ1) is 23.9. The number of aldehydes is 3. The third-order valence-electron chi connectivity index (χ3n) is 6.18. The number of carbonyl (C=O) groups excluding carboxylic acids is 3. The van der Waals surface area contributed by atoms with Crippen LogP contribution >= 0.6 is 0 Å². The van der Waals surface area contributed by atoms with Gasteiger partial charge in [-0.1, -0.05) is 41.5 Å². The molecule has 27 heavy (non-hydrogen) atoms. The van der Waals surface area contributed by atoms with Crippen LogP contribution in [0.1, 0.15) is 41.5 Å². The molecule has 0 aromatic rings. The molecule has 6 nitrogen and oxygen atoms in total. The van der Waals surface area contributed by atoms with Gasteiger partial charge < -0.3 is 14.4 Å². The van der Waals surface area contributed by atoms with E-state index in [-0.39, 0.29) is 17.8 Å². The van der Waals surface area contributed by atoms with Crippen LogP contribution in [0.25, 0.3) is 0 Å². The van der Waals surface area contributed by atoms with Gasteiger partial charge in [-0.25, -0.2) is 0 Å². The van der Waals surface area contributed by atoms with Gasteiger partial charge in [0.05, 0.1) is 20.0 Å². The van der Waals surface area contributed by atoms with E-state index >= 15 is 0 Å². The van der Waals surface area contributed by atoms with Crippen LogP contribution in [0.4, 0.5) is 0 Å². The van der Waals surface area contributed by atoms with Crippen molar-refractivity contribution < 1.29 is 14.4 Å². The monoisotopic (exact) mass is 381 g/mol. The Morgan fingerprint density at radius 3 is 0.963 bits per heavy atom. The number of rotatable bonds is 12. The molecule has 1 heterocycles. The Labute approximate surface area is 165 Å². The Morgan fingerprint density at radius 2 is 0.778 bits per heavy atom. The van der Waals surface area contributed by atoms with Crippen molar-refractivity contribution >= 4 is 18.9 Å². The molecule has 6 atom stereocenters. The van der Waals surface area contributed by atoms with Gasteiger partial charge in [0.15, 0.2) is 0 Å². The van der Waals surface area contributed by atoms with Crippen LogP contribution in [0.3, 0.4) is 0 Å². The summed E-state index contributed by atoms with van der Waals surface area (Å²) in [5, 5.41) is 0. The van der Waals surface area contributed by atoms with Crippen LogP contribution in [-0.4, -0.2) is 73.2 Å². The smallest absolute Gasteiger partial charge is 0.123 e. The van der Waals surface area contributed by atoms with Gasteiger partial charge in [-0.3, -0.25) is 14.7 Å². The minimum atomic E-state index is 0.0387. The van der Waals surface area contributed by atoms with Crippen molar-refractivity contribution in [3.63, 3.8) is 0 Å². The molecule has 156 valence electrons. The zero-order valence-electron chi connectivity index (χ0n) is 18.0. The van der Waals surface area contributed by atoms with Crippen molar-refractivity contribution in [1.82, 2.24) is 14.7 Å². The summed E-state index contributed by atoms with van der Waals surface area (Å²) in [6.07, 6.45) is 3.10. The fourth-order valence-electron chi connectivity index (χ4n) is 3.45. The summed E-state index contributed by atoms with van der Waals surface area (Å²) >= 11 is 0. The molecule has 0 bridgehead atoms. The van der Waals surface area contributed by atoms with Gasteiger partial charge in [0, 0.05) is 37.4 Å². The largest absolute Gasteiger partial charge is 0.303 e. The van der Waals surface area contributed by atoms with E-state index in [1.807, 2.05) is 20.8 Å². The van der Waals surface area contributed by atoms with Crippen LogP contribution in [0.5, 0.6) is 0 Å². The van der Waals surface area contributed by atoms with Crippen molar-refractivity contribution in [2.45, 2.75) is 41.5 Å². The van der Waals surface area contributed by atoms with Crippen LogP contribution in [-0.2, 0) is 14.4 Å². The molecule has 0 spiro atoms. The van der Waals surface area contributed by atoms with Gasteiger partial charge >= 0.3 is 0 Å². The molecule has 1 saturated heterocycles. The first-order valence-corrected chi connectivity index (χ1v) is 10.2. The van der Waals surface area contributed by atoms with Crippen molar-refractivity contribution in [2.24, 2.45) is 35.5 Å². The highest BCUT2D eigenvalue weighted by molar-refractivity contribution is 5.53. The Balaban J connectivity index is 2.79. The van der Waals surface area contributed by atoms with E-state index < -0.39 is 0 Å². The number of hydrogen-bond acceptors (Lipinski definition) is 6. The van der Waals surface area contributed by atoms with E-state index in [4.69, 9.17) is 0 Å². The normalized spacial score (nSPS) is 23.8. The number of hydrogen-bond donors (Lipinski definition) is 0. The van der Waals surface area contributed by atoms with Crippen LogP contribution in [0.15, 0.2) is 0 Å². The molecule has 6 heteroatoms. The summed E-state index contributed by atoms with van der Waals surface area (Å²) in [4.78, 5) is 40.5. The summed E-state index contributed by atoms with van der Waals surface area (Å²) in [6, 6.07) is 0. The molecule has 6 unspecified atom stereocenters. The molecule has 1 fully saturated rings. The molecule has 1 rings (SSSR count). The maximum atomic E-state index is 11.1. The quantitative estimate of drug-likeness (QED) is 0.483. The van der Waals surface area contributed by atoms with Gasteiger partial charge in [-0.05, 0) is 17.8 Å². The van der Waals surface area contributed by atoms with Gasteiger partial charge in [-0.15, -0.1) is 0 Å². The second-order valence-corrected chi connectivity index (χ2v) is 8.90. The van der Waals surface area contributed by atoms with Crippen molar-refractivity contribution in [2.75, 3.05) is 39.6 Å². The van der Waals surface area contributed by atoms with Crippen molar-refractivity contribution in [3.8, 4) is 0 Å². The minimum Gasteiger partial charge on any atom is -0.303 e. The van der Waals surface area contributed by atoms with Crippen LogP contribution in [0, 0.1) is 35.5 Å². The van der Waals surface area contributed by atoms with Gasteiger partial charge in [-0.2, -0.15) is 0 Å². The van der Waals surface area contributed by atoms with E-state index in [1.165, 1.54) is 0 Å². The number of carbonyl (C=O) groups is 3. The summed E-state index contributed by atoms with van der Waals surface area (Å²) in [5.41, 5.74) is 0. The molecule has 0 radical (unpaired) electrons. The fourth-order valence-corrected chi connectivity index (χ4v) is 3.45.